The molecule has 0 aliphatic rings. The molecule has 0 aliphatic heterocycles. The third kappa shape index (κ3) is 3.16. The zero-order valence-corrected chi connectivity index (χ0v) is 11.0. The predicted octanol–water partition coefficient (Wildman–Crippen LogP) is 0.597. The van der Waals surface area contributed by atoms with Crippen LogP contribution in [0.2, 0.25) is 5.28 Å². The molecule has 0 spiro atoms. The second-order valence-corrected chi connectivity index (χ2v) is 4.23. The van der Waals surface area contributed by atoms with E-state index in [9.17, 15) is 4.79 Å². The molecule has 0 fully saturated rings. The lowest BCUT2D eigenvalue weighted by atomic mass is 10.4. The third-order valence-corrected chi connectivity index (χ3v) is 2.16. The molecule has 0 saturated carbocycles. The second kappa shape index (κ2) is 5.19. The van der Waals surface area contributed by atoms with E-state index in [0.29, 0.717) is 0 Å². The van der Waals surface area contributed by atoms with E-state index in [2.05, 4.69) is 20.1 Å². The highest BCUT2D eigenvalue weighted by molar-refractivity contribution is 6.28. The van der Waals surface area contributed by atoms with E-state index in [4.69, 9.17) is 22.1 Å². The Morgan fingerprint density at radius 2 is 2.16 bits per heavy atom. The van der Waals surface area contributed by atoms with Crippen LogP contribution in [-0.4, -0.2) is 36.7 Å². The van der Waals surface area contributed by atoms with Crippen molar-refractivity contribution in [2.45, 2.75) is 20.0 Å². The number of aromatic nitrogens is 5. The van der Waals surface area contributed by atoms with Gasteiger partial charge in [-0.05, 0) is 25.4 Å². The quantitative estimate of drug-likeness (QED) is 0.879. The molecule has 8 nitrogen and oxygen atoms in total. The Bertz CT molecular complexity index is 612. The molecule has 2 N–H and O–H groups in total. The lowest BCUT2D eigenvalue weighted by Gasteiger charge is -2.08. The summed E-state index contributed by atoms with van der Waals surface area (Å²) in [5.74, 6) is -0.451. The van der Waals surface area contributed by atoms with Crippen LogP contribution in [0.15, 0.2) is 12.4 Å². The SMILES string of the molecule is CC(C)Oc1nc(Cl)nc(-n2cc(C(N)=O)cn2)n1. The number of hydrogen-bond acceptors (Lipinski definition) is 6. The zero-order valence-electron chi connectivity index (χ0n) is 10.2. The van der Waals surface area contributed by atoms with Gasteiger partial charge in [0.05, 0.1) is 17.9 Å². The highest BCUT2D eigenvalue weighted by atomic mass is 35.5. The molecular formula is C10H11ClN6O2. The van der Waals surface area contributed by atoms with Crippen molar-refractivity contribution in [3.8, 4) is 12.0 Å². The molecule has 1 amide bonds. The molecule has 19 heavy (non-hydrogen) atoms. The van der Waals surface area contributed by atoms with Gasteiger partial charge in [0.2, 0.25) is 5.28 Å². The van der Waals surface area contributed by atoms with Crippen molar-refractivity contribution in [1.82, 2.24) is 24.7 Å². The van der Waals surface area contributed by atoms with Gasteiger partial charge < -0.3 is 10.5 Å². The first-order valence-corrected chi connectivity index (χ1v) is 5.76. The summed E-state index contributed by atoms with van der Waals surface area (Å²) in [6.45, 7) is 3.66. The summed E-state index contributed by atoms with van der Waals surface area (Å²) in [6, 6.07) is 0.0844. The normalized spacial score (nSPS) is 10.7. The molecule has 0 aliphatic carbocycles. The van der Waals surface area contributed by atoms with Crippen LogP contribution in [0.25, 0.3) is 5.95 Å². The summed E-state index contributed by atoms with van der Waals surface area (Å²) in [4.78, 5) is 22.8. The van der Waals surface area contributed by atoms with Crippen molar-refractivity contribution >= 4 is 17.5 Å². The van der Waals surface area contributed by atoms with Crippen LogP contribution in [0.3, 0.4) is 0 Å². The number of halogens is 1. The Hall–Kier alpha value is -2.22. The van der Waals surface area contributed by atoms with Gasteiger partial charge in [-0.25, -0.2) is 4.68 Å². The molecule has 9 heteroatoms. The fourth-order valence-electron chi connectivity index (χ4n) is 1.25. The largest absolute Gasteiger partial charge is 0.461 e. The smallest absolute Gasteiger partial charge is 0.322 e. The van der Waals surface area contributed by atoms with Crippen LogP contribution in [0, 0.1) is 0 Å². The van der Waals surface area contributed by atoms with Crippen molar-refractivity contribution < 1.29 is 9.53 Å². The number of amides is 1. The summed E-state index contributed by atoms with van der Waals surface area (Å²) in [5.41, 5.74) is 5.37. The molecule has 2 aromatic heterocycles. The second-order valence-electron chi connectivity index (χ2n) is 3.89. The van der Waals surface area contributed by atoms with Crippen molar-refractivity contribution in [1.29, 1.82) is 0 Å². The molecule has 2 rings (SSSR count). The third-order valence-electron chi connectivity index (χ3n) is 1.99. The highest BCUT2D eigenvalue weighted by Crippen LogP contribution is 2.12. The Morgan fingerprint density at radius 3 is 2.74 bits per heavy atom. The number of primary amides is 1. The molecule has 0 bridgehead atoms. The summed E-state index contributed by atoms with van der Waals surface area (Å²) >= 11 is 5.78. The Kier molecular flexibility index (Phi) is 3.61. The van der Waals surface area contributed by atoms with E-state index < -0.39 is 5.91 Å². The number of ether oxygens (including phenoxy) is 1. The van der Waals surface area contributed by atoms with E-state index in [1.165, 1.54) is 17.1 Å². The topological polar surface area (TPSA) is 109 Å². The Morgan fingerprint density at radius 1 is 1.42 bits per heavy atom. The fourth-order valence-corrected chi connectivity index (χ4v) is 1.40. The molecule has 2 aromatic rings. The number of hydrogen-bond donors (Lipinski definition) is 1. The average Bonchev–Trinajstić information content (AvgIpc) is 2.76. The minimum Gasteiger partial charge on any atom is -0.461 e. The van der Waals surface area contributed by atoms with Crippen molar-refractivity contribution in [2.24, 2.45) is 5.73 Å². The zero-order chi connectivity index (χ0) is 14.0. The number of carbonyl (C=O) groups is 1. The van der Waals surface area contributed by atoms with Gasteiger partial charge in [0, 0.05) is 6.20 Å². The van der Waals surface area contributed by atoms with Gasteiger partial charge in [0.15, 0.2) is 0 Å². The highest BCUT2D eigenvalue weighted by Gasteiger charge is 2.12. The van der Waals surface area contributed by atoms with Gasteiger partial charge in [-0.1, -0.05) is 0 Å². The van der Waals surface area contributed by atoms with E-state index in [-0.39, 0.29) is 28.9 Å². The van der Waals surface area contributed by atoms with Gasteiger partial charge >= 0.3 is 6.01 Å². The summed E-state index contributed by atoms with van der Waals surface area (Å²) in [7, 11) is 0. The summed E-state index contributed by atoms with van der Waals surface area (Å²) in [5, 5.41) is 3.89. The number of rotatable bonds is 4. The molecule has 100 valence electrons. The monoisotopic (exact) mass is 282 g/mol. The predicted molar refractivity (Wildman–Crippen MR) is 66.2 cm³/mol. The van der Waals surface area contributed by atoms with Crippen molar-refractivity contribution in [3.05, 3.63) is 23.2 Å². The van der Waals surface area contributed by atoms with Crippen molar-refractivity contribution in [2.75, 3.05) is 0 Å². The van der Waals surface area contributed by atoms with Crippen LogP contribution in [0.5, 0.6) is 6.01 Å². The summed E-state index contributed by atoms with van der Waals surface area (Å²) < 4.78 is 6.60. The van der Waals surface area contributed by atoms with Crippen LogP contribution in [0.1, 0.15) is 24.2 Å². The maximum absolute atomic E-state index is 11.0. The molecule has 0 atom stereocenters. The maximum Gasteiger partial charge on any atom is 0.322 e. The first-order valence-electron chi connectivity index (χ1n) is 5.39. The van der Waals surface area contributed by atoms with E-state index in [0.717, 1.165) is 0 Å². The van der Waals surface area contributed by atoms with E-state index >= 15 is 0 Å². The molecule has 0 saturated heterocycles. The van der Waals surface area contributed by atoms with Crippen LogP contribution in [0.4, 0.5) is 0 Å². The van der Waals surface area contributed by atoms with Crippen LogP contribution < -0.4 is 10.5 Å². The summed E-state index contributed by atoms with van der Waals surface area (Å²) in [6.07, 6.45) is 2.60. The van der Waals surface area contributed by atoms with Gasteiger partial charge in [0.1, 0.15) is 0 Å². The lowest BCUT2D eigenvalue weighted by Crippen LogP contribution is -2.12. The van der Waals surface area contributed by atoms with Gasteiger partial charge in [-0.3, -0.25) is 4.79 Å². The number of nitrogens with zero attached hydrogens (tertiary/aromatic N) is 5. The molecule has 2 heterocycles. The fraction of sp³-hybridized carbons (Fsp3) is 0.300. The average molecular weight is 283 g/mol. The molecule has 0 aromatic carbocycles. The molecular weight excluding hydrogens is 272 g/mol. The van der Waals surface area contributed by atoms with Gasteiger partial charge in [-0.2, -0.15) is 20.1 Å². The Labute approximate surface area is 113 Å². The minimum atomic E-state index is -0.593. The van der Waals surface area contributed by atoms with E-state index in [1.54, 1.807) is 0 Å². The molecule has 0 radical (unpaired) electrons. The van der Waals surface area contributed by atoms with Crippen LogP contribution >= 0.6 is 11.6 Å². The lowest BCUT2D eigenvalue weighted by molar-refractivity contribution is 0.100. The van der Waals surface area contributed by atoms with E-state index in [1.807, 2.05) is 13.8 Å². The first-order chi connectivity index (χ1) is 8.95. The number of nitrogens with two attached hydrogens (primary N) is 1. The molecule has 0 unspecified atom stereocenters. The maximum atomic E-state index is 11.0. The first kappa shape index (κ1) is 13.2. The van der Waals surface area contributed by atoms with Crippen molar-refractivity contribution in [3.63, 3.8) is 0 Å². The minimum absolute atomic E-state index is 0.0308. The van der Waals surface area contributed by atoms with Gasteiger partial charge in [-0.15, -0.1) is 0 Å². The number of carbonyl (C=O) groups excluding carboxylic acids is 1. The van der Waals surface area contributed by atoms with Gasteiger partial charge in [0.25, 0.3) is 11.9 Å². The standard InChI is InChI=1S/C10H11ClN6O2/c1-5(2)19-10-15-8(11)14-9(16-10)17-4-6(3-13-17)7(12)18/h3-5H,1-2H3,(H2,12,18). The van der Waals surface area contributed by atoms with Crippen LogP contribution in [-0.2, 0) is 0 Å². The Balaban J connectivity index is 2.37.